The van der Waals surface area contributed by atoms with E-state index in [0.717, 1.165) is 49.5 Å². The number of carbonyl (C=O) groups is 2. The van der Waals surface area contributed by atoms with Gasteiger partial charge in [0.05, 0.1) is 40.8 Å². The molecule has 2 fully saturated rings. The molecule has 45 heavy (non-hydrogen) atoms. The molecule has 0 aromatic rings. The molecule has 2 saturated heterocycles. The van der Waals surface area contributed by atoms with Crippen molar-refractivity contribution in [1.29, 1.82) is 0 Å². The smallest absolute Gasteiger partial charge is 0.466 e. The number of unbranched alkanes of at least 4 members (excludes halogenated alkanes) is 3. The Kier molecular flexibility index (Phi) is 13.6. The van der Waals surface area contributed by atoms with Crippen LogP contribution in [0.15, 0.2) is 10.9 Å². The number of hydrogen-bond acceptors (Lipinski definition) is 8. The Morgan fingerprint density at radius 3 is 1.33 bits per heavy atom. The molecule has 0 bridgehead atoms. The first-order valence-electron chi connectivity index (χ1n) is 17.1. The molecule has 2 rings (SSSR count). The van der Waals surface area contributed by atoms with Crippen molar-refractivity contribution in [3.63, 3.8) is 0 Å². The van der Waals surface area contributed by atoms with Crippen LogP contribution in [-0.2, 0) is 37.7 Å². The number of ether oxygens (including phenoxy) is 2. The van der Waals surface area contributed by atoms with Crippen molar-refractivity contribution in [2.75, 3.05) is 13.2 Å². The molecule has 0 aromatic heterocycles. The topological polar surface area (TPSA) is 89.5 Å². The van der Waals surface area contributed by atoms with Crippen LogP contribution < -0.4 is 0 Å². The molecule has 254 valence electrons. The lowest BCUT2D eigenvalue weighted by atomic mass is 9.61. The zero-order chi connectivity index (χ0) is 34.5. The van der Waals surface area contributed by atoms with Crippen LogP contribution in [0.3, 0.4) is 0 Å². The molecule has 0 aromatic carbocycles. The summed E-state index contributed by atoms with van der Waals surface area (Å²) in [6, 6.07) is 0. The van der Waals surface area contributed by atoms with Gasteiger partial charge in [-0.2, -0.15) is 0 Å². The maximum atomic E-state index is 12.5. The van der Waals surface area contributed by atoms with Gasteiger partial charge >= 0.3 is 26.2 Å². The SMILES string of the molecule is [B]C1(C)OB(/C(CCCCCC(C)(C)C(=O)OCC)=C(/CCCCC(C)(C)C(=O)OCC)B2OC(C)(C)C(C)(C)O2)OC1(C)C. The Morgan fingerprint density at radius 2 is 0.956 bits per heavy atom. The fourth-order valence-electron chi connectivity index (χ4n) is 5.56. The van der Waals surface area contributed by atoms with Crippen molar-refractivity contribution in [3.8, 4) is 0 Å². The lowest BCUT2D eigenvalue weighted by Gasteiger charge is -2.33. The van der Waals surface area contributed by atoms with Crippen molar-refractivity contribution >= 4 is 34.0 Å². The van der Waals surface area contributed by atoms with Crippen molar-refractivity contribution in [1.82, 2.24) is 0 Å². The number of allylic oxidation sites excluding steroid dienone is 2. The van der Waals surface area contributed by atoms with Crippen LogP contribution in [0.2, 0.25) is 0 Å². The Bertz CT molecular complexity index is 1020. The number of rotatable bonds is 17. The predicted octanol–water partition coefficient (Wildman–Crippen LogP) is 7.34. The molecule has 0 N–H and O–H groups in total. The van der Waals surface area contributed by atoms with Crippen molar-refractivity contribution < 1.29 is 37.7 Å². The van der Waals surface area contributed by atoms with Gasteiger partial charge in [0.15, 0.2) is 0 Å². The van der Waals surface area contributed by atoms with Crippen LogP contribution in [0.5, 0.6) is 0 Å². The second-order valence-electron chi connectivity index (χ2n) is 15.8. The monoisotopic (exact) mass is 630 g/mol. The first-order chi connectivity index (χ1) is 20.5. The summed E-state index contributed by atoms with van der Waals surface area (Å²) < 4.78 is 36.8. The van der Waals surface area contributed by atoms with Crippen molar-refractivity contribution in [2.45, 2.75) is 170 Å². The Balaban J connectivity index is 2.36. The van der Waals surface area contributed by atoms with E-state index in [0.29, 0.717) is 32.5 Å². The van der Waals surface area contributed by atoms with Crippen molar-refractivity contribution in [2.24, 2.45) is 10.8 Å². The van der Waals surface area contributed by atoms with E-state index in [1.807, 2.05) is 62.3 Å². The normalized spacial score (nSPS) is 23.2. The summed E-state index contributed by atoms with van der Waals surface area (Å²) in [5.41, 5.74) is -1.79. The Labute approximate surface area is 276 Å². The average molecular weight is 630 g/mol. The van der Waals surface area contributed by atoms with E-state index in [2.05, 4.69) is 27.7 Å². The Morgan fingerprint density at radius 1 is 0.600 bits per heavy atom. The quantitative estimate of drug-likeness (QED) is 0.0938. The fourth-order valence-corrected chi connectivity index (χ4v) is 5.56. The molecule has 2 aliphatic rings. The second-order valence-corrected chi connectivity index (χ2v) is 15.8. The minimum absolute atomic E-state index is 0.156. The molecule has 2 radical (unpaired) electrons. The molecular formula is C34H61B3O8. The summed E-state index contributed by atoms with van der Waals surface area (Å²) in [5, 5.41) is 0. The lowest BCUT2D eigenvalue weighted by Crippen LogP contribution is -2.45. The molecule has 2 heterocycles. The molecule has 0 amide bonds. The summed E-state index contributed by atoms with van der Waals surface area (Å²) in [4.78, 5) is 24.9. The molecular weight excluding hydrogens is 569 g/mol. The first kappa shape index (κ1) is 39.9. The average Bonchev–Trinajstić information content (AvgIpc) is 3.25. The highest BCUT2D eigenvalue weighted by Gasteiger charge is 2.56. The zero-order valence-electron chi connectivity index (χ0n) is 30.8. The lowest BCUT2D eigenvalue weighted by molar-refractivity contribution is -0.154. The molecule has 0 saturated carbocycles. The van der Waals surface area contributed by atoms with E-state index in [1.165, 1.54) is 0 Å². The number of carbonyl (C=O) groups excluding carboxylic acids is 2. The van der Waals surface area contributed by atoms with Crippen LogP contribution in [0.1, 0.15) is 148 Å². The Hall–Kier alpha value is -1.29. The van der Waals surface area contributed by atoms with Gasteiger partial charge in [0.25, 0.3) is 0 Å². The van der Waals surface area contributed by atoms with E-state index in [4.69, 9.17) is 35.9 Å². The van der Waals surface area contributed by atoms with Gasteiger partial charge < -0.3 is 28.1 Å². The summed E-state index contributed by atoms with van der Waals surface area (Å²) in [6.07, 6.45) is 7.21. The summed E-state index contributed by atoms with van der Waals surface area (Å²) >= 11 is 0. The van der Waals surface area contributed by atoms with Gasteiger partial charge in [0, 0.05) is 5.50 Å². The zero-order valence-corrected chi connectivity index (χ0v) is 30.8. The van der Waals surface area contributed by atoms with Gasteiger partial charge in [-0.25, -0.2) is 0 Å². The van der Waals surface area contributed by atoms with E-state index < -0.39 is 47.4 Å². The van der Waals surface area contributed by atoms with Gasteiger partial charge in [0.1, 0.15) is 7.85 Å². The van der Waals surface area contributed by atoms with Gasteiger partial charge in [-0.3, -0.25) is 9.59 Å². The van der Waals surface area contributed by atoms with E-state index in [-0.39, 0.29) is 11.9 Å². The minimum atomic E-state index is -0.989. The summed E-state index contributed by atoms with van der Waals surface area (Å²) in [7, 11) is 5.40. The van der Waals surface area contributed by atoms with E-state index in [1.54, 1.807) is 0 Å². The molecule has 2 aliphatic heterocycles. The van der Waals surface area contributed by atoms with Crippen molar-refractivity contribution in [3.05, 3.63) is 10.9 Å². The van der Waals surface area contributed by atoms with Crippen LogP contribution in [-0.4, -0.2) is 69.5 Å². The minimum Gasteiger partial charge on any atom is -0.466 e. The van der Waals surface area contributed by atoms with Gasteiger partial charge in [-0.15, -0.1) is 0 Å². The molecule has 11 heteroatoms. The third kappa shape index (κ3) is 10.1. The van der Waals surface area contributed by atoms with Gasteiger partial charge in [0.2, 0.25) is 0 Å². The van der Waals surface area contributed by atoms with Crippen LogP contribution in [0.4, 0.5) is 0 Å². The number of hydrogen-bond donors (Lipinski definition) is 0. The highest BCUT2D eigenvalue weighted by atomic mass is 16.7. The predicted molar refractivity (Wildman–Crippen MR) is 182 cm³/mol. The molecule has 1 atom stereocenters. The molecule has 8 nitrogen and oxygen atoms in total. The van der Waals surface area contributed by atoms with E-state index >= 15 is 0 Å². The largest absolute Gasteiger partial charge is 0.489 e. The third-order valence-electron chi connectivity index (χ3n) is 10.1. The van der Waals surface area contributed by atoms with Crippen LogP contribution in [0, 0.1) is 10.8 Å². The highest BCUT2D eigenvalue weighted by molar-refractivity contribution is 6.62. The second kappa shape index (κ2) is 15.3. The van der Waals surface area contributed by atoms with Crippen LogP contribution in [0.25, 0.3) is 0 Å². The first-order valence-corrected chi connectivity index (χ1v) is 17.1. The fraction of sp³-hybridized carbons (Fsp3) is 0.882. The highest BCUT2D eigenvalue weighted by Crippen LogP contribution is 2.44. The maximum Gasteiger partial charge on any atom is 0.489 e. The van der Waals surface area contributed by atoms with Gasteiger partial charge in [-0.05, 0) is 127 Å². The summed E-state index contributed by atoms with van der Waals surface area (Å²) in [5.74, 6) is -0.326. The molecule has 0 aliphatic carbocycles. The third-order valence-corrected chi connectivity index (χ3v) is 10.1. The molecule has 0 spiro atoms. The van der Waals surface area contributed by atoms with Gasteiger partial charge in [-0.1, -0.05) is 32.1 Å². The molecule has 1 unspecified atom stereocenters. The number of esters is 2. The standard InChI is InChI=1S/C34H61B3O8/c1-14-40-27(38)29(3,4)23-19-16-17-21-26(37-44-33(11,12)34(13,35)45-37)25(36-42-31(7,8)32(9,10)43-36)22-18-20-24-30(5,6)28(39)41-15-2/h14-24H2,1-13H3/b26-25-. The van der Waals surface area contributed by atoms with E-state index in [9.17, 15) is 9.59 Å². The maximum absolute atomic E-state index is 12.5. The summed E-state index contributed by atoms with van der Waals surface area (Å²) in [6.45, 7) is 26.2. The van der Waals surface area contributed by atoms with Crippen LogP contribution >= 0.6 is 0 Å².